The topological polar surface area (TPSA) is 64.7 Å². The minimum Gasteiger partial charge on any atom is -0.491 e. The fourth-order valence-corrected chi connectivity index (χ4v) is 1.73. The summed E-state index contributed by atoms with van der Waals surface area (Å²) in [5.41, 5.74) is 6.82. The van der Waals surface area contributed by atoms with Crippen LogP contribution in [0, 0.1) is 0 Å². The predicted molar refractivity (Wildman–Crippen MR) is 70.1 cm³/mol. The van der Waals surface area contributed by atoms with Crippen molar-refractivity contribution in [2.75, 3.05) is 26.4 Å². The van der Waals surface area contributed by atoms with Crippen molar-refractivity contribution in [1.29, 1.82) is 0 Å². The number of hydrogen-bond donors (Lipinski definition) is 2. The maximum Gasteiger partial charge on any atom is 0.125 e. The second kappa shape index (κ2) is 7.66. The standard InChI is InChI=1S/C12H18BrNO3/c1-9(14)11-3-2-10(13)8-12(11)17-7-6-16-5-4-15/h2-3,8-9,15H,4-7,14H2,1H3/t9-/m1/s1. The summed E-state index contributed by atoms with van der Waals surface area (Å²) in [6.45, 7) is 3.17. The van der Waals surface area contributed by atoms with Gasteiger partial charge in [0.1, 0.15) is 12.4 Å². The van der Waals surface area contributed by atoms with E-state index in [0.29, 0.717) is 19.8 Å². The molecule has 0 aliphatic rings. The van der Waals surface area contributed by atoms with Crippen LogP contribution in [0.25, 0.3) is 0 Å². The van der Waals surface area contributed by atoms with Crippen LogP contribution in [-0.4, -0.2) is 31.5 Å². The quantitative estimate of drug-likeness (QED) is 0.755. The summed E-state index contributed by atoms with van der Waals surface area (Å²) in [6, 6.07) is 5.70. The molecule has 1 atom stereocenters. The second-order valence-corrected chi connectivity index (χ2v) is 4.57. The first-order chi connectivity index (χ1) is 8.15. The SMILES string of the molecule is C[C@@H](N)c1ccc(Br)cc1OCCOCCO. The third-order valence-corrected chi connectivity index (χ3v) is 2.68. The molecule has 17 heavy (non-hydrogen) atoms. The Morgan fingerprint density at radius 3 is 2.76 bits per heavy atom. The van der Waals surface area contributed by atoms with E-state index in [9.17, 15) is 0 Å². The molecule has 0 unspecified atom stereocenters. The minimum absolute atomic E-state index is 0.0297. The van der Waals surface area contributed by atoms with Crippen LogP contribution < -0.4 is 10.5 Å². The molecule has 4 nitrogen and oxygen atoms in total. The highest BCUT2D eigenvalue weighted by Gasteiger charge is 2.08. The maximum atomic E-state index is 8.55. The molecule has 0 bridgehead atoms. The Labute approximate surface area is 110 Å². The average Bonchev–Trinajstić information content (AvgIpc) is 2.28. The lowest BCUT2D eigenvalue weighted by Crippen LogP contribution is -2.12. The summed E-state index contributed by atoms with van der Waals surface area (Å²) in [6.07, 6.45) is 0. The van der Waals surface area contributed by atoms with E-state index >= 15 is 0 Å². The summed E-state index contributed by atoms with van der Waals surface area (Å²) < 4.78 is 11.7. The molecule has 96 valence electrons. The van der Waals surface area contributed by atoms with Crippen molar-refractivity contribution in [3.8, 4) is 5.75 Å². The van der Waals surface area contributed by atoms with Gasteiger partial charge in [-0.05, 0) is 19.1 Å². The third kappa shape index (κ3) is 5.04. The van der Waals surface area contributed by atoms with Crippen LogP contribution in [0.5, 0.6) is 5.75 Å². The smallest absolute Gasteiger partial charge is 0.125 e. The van der Waals surface area contributed by atoms with Gasteiger partial charge in [0.05, 0.1) is 19.8 Å². The Morgan fingerprint density at radius 1 is 1.35 bits per heavy atom. The van der Waals surface area contributed by atoms with Crippen molar-refractivity contribution >= 4 is 15.9 Å². The van der Waals surface area contributed by atoms with Crippen molar-refractivity contribution < 1.29 is 14.6 Å². The van der Waals surface area contributed by atoms with Crippen LogP contribution in [0.3, 0.4) is 0 Å². The first-order valence-electron chi connectivity index (χ1n) is 5.51. The van der Waals surface area contributed by atoms with Crippen molar-refractivity contribution in [3.63, 3.8) is 0 Å². The Bertz CT molecular complexity index is 345. The van der Waals surface area contributed by atoms with Crippen molar-refractivity contribution in [2.24, 2.45) is 5.73 Å². The van der Waals surface area contributed by atoms with Crippen molar-refractivity contribution in [3.05, 3.63) is 28.2 Å². The lowest BCUT2D eigenvalue weighted by molar-refractivity contribution is 0.0702. The Hall–Kier alpha value is -0.620. The molecular weight excluding hydrogens is 286 g/mol. The van der Waals surface area contributed by atoms with E-state index in [2.05, 4.69) is 15.9 Å². The van der Waals surface area contributed by atoms with E-state index in [0.717, 1.165) is 15.8 Å². The highest BCUT2D eigenvalue weighted by atomic mass is 79.9. The maximum absolute atomic E-state index is 8.55. The molecule has 0 radical (unpaired) electrons. The van der Waals surface area contributed by atoms with Gasteiger partial charge in [-0.3, -0.25) is 0 Å². The lowest BCUT2D eigenvalue weighted by atomic mass is 10.1. The number of benzene rings is 1. The summed E-state index contributed by atoms with van der Waals surface area (Å²) in [7, 11) is 0. The van der Waals surface area contributed by atoms with E-state index in [-0.39, 0.29) is 12.6 Å². The molecule has 1 aromatic rings. The van der Waals surface area contributed by atoms with Crippen molar-refractivity contribution in [2.45, 2.75) is 13.0 Å². The monoisotopic (exact) mass is 303 g/mol. The Morgan fingerprint density at radius 2 is 2.12 bits per heavy atom. The van der Waals surface area contributed by atoms with E-state index < -0.39 is 0 Å². The summed E-state index contributed by atoms with van der Waals surface area (Å²) in [5.74, 6) is 0.766. The fourth-order valence-electron chi connectivity index (χ4n) is 1.39. The van der Waals surface area contributed by atoms with E-state index in [1.807, 2.05) is 25.1 Å². The van der Waals surface area contributed by atoms with Gasteiger partial charge in [-0.2, -0.15) is 0 Å². The fraction of sp³-hybridized carbons (Fsp3) is 0.500. The highest BCUT2D eigenvalue weighted by Crippen LogP contribution is 2.27. The summed E-state index contributed by atoms with van der Waals surface area (Å²) in [5, 5.41) is 8.55. The number of rotatable bonds is 7. The minimum atomic E-state index is -0.0727. The Balaban J connectivity index is 2.53. The zero-order valence-electron chi connectivity index (χ0n) is 9.86. The molecule has 3 N–H and O–H groups in total. The van der Waals surface area contributed by atoms with E-state index in [4.69, 9.17) is 20.3 Å². The zero-order chi connectivity index (χ0) is 12.7. The molecule has 0 amide bonds. The van der Waals surface area contributed by atoms with Gasteiger partial charge in [0, 0.05) is 16.1 Å². The molecule has 0 aliphatic carbocycles. The molecule has 0 fully saturated rings. The van der Waals surface area contributed by atoms with Crippen LogP contribution in [0.2, 0.25) is 0 Å². The second-order valence-electron chi connectivity index (χ2n) is 3.66. The van der Waals surface area contributed by atoms with Gasteiger partial charge in [-0.1, -0.05) is 22.0 Å². The lowest BCUT2D eigenvalue weighted by Gasteiger charge is -2.14. The average molecular weight is 304 g/mol. The molecule has 0 saturated carbocycles. The van der Waals surface area contributed by atoms with Crippen molar-refractivity contribution in [1.82, 2.24) is 0 Å². The van der Waals surface area contributed by atoms with Crippen LogP contribution >= 0.6 is 15.9 Å². The number of ether oxygens (including phenoxy) is 2. The number of halogens is 1. The molecule has 5 heteroatoms. The summed E-state index contributed by atoms with van der Waals surface area (Å²) in [4.78, 5) is 0. The van der Waals surface area contributed by atoms with Gasteiger partial charge < -0.3 is 20.3 Å². The number of aliphatic hydroxyl groups is 1. The molecule has 1 rings (SSSR count). The predicted octanol–water partition coefficient (Wildman–Crippen LogP) is 1.86. The highest BCUT2D eigenvalue weighted by molar-refractivity contribution is 9.10. The largest absolute Gasteiger partial charge is 0.491 e. The number of hydrogen-bond acceptors (Lipinski definition) is 4. The van der Waals surface area contributed by atoms with Crippen LogP contribution in [0.4, 0.5) is 0 Å². The molecule has 0 saturated heterocycles. The van der Waals surface area contributed by atoms with Gasteiger partial charge in [-0.15, -0.1) is 0 Å². The van der Waals surface area contributed by atoms with Crippen LogP contribution in [0.15, 0.2) is 22.7 Å². The van der Waals surface area contributed by atoms with Gasteiger partial charge in [0.25, 0.3) is 0 Å². The van der Waals surface area contributed by atoms with Crippen LogP contribution in [0.1, 0.15) is 18.5 Å². The van der Waals surface area contributed by atoms with Gasteiger partial charge in [0.15, 0.2) is 0 Å². The third-order valence-electron chi connectivity index (χ3n) is 2.19. The number of aliphatic hydroxyl groups excluding tert-OH is 1. The molecule has 0 aromatic heterocycles. The normalized spacial score (nSPS) is 12.5. The zero-order valence-corrected chi connectivity index (χ0v) is 11.4. The van der Waals surface area contributed by atoms with E-state index in [1.165, 1.54) is 0 Å². The van der Waals surface area contributed by atoms with Gasteiger partial charge >= 0.3 is 0 Å². The van der Waals surface area contributed by atoms with Gasteiger partial charge in [-0.25, -0.2) is 0 Å². The Kier molecular flexibility index (Phi) is 6.50. The molecular formula is C12H18BrNO3. The molecule has 1 aromatic carbocycles. The molecule has 0 aliphatic heterocycles. The van der Waals surface area contributed by atoms with Gasteiger partial charge in [0.2, 0.25) is 0 Å². The first kappa shape index (κ1) is 14.4. The van der Waals surface area contributed by atoms with Crippen LogP contribution in [-0.2, 0) is 4.74 Å². The summed E-state index contributed by atoms with van der Waals surface area (Å²) >= 11 is 3.39. The number of nitrogens with two attached hydrogens (primary N) is 1. The first-order valence-corrected chi connectivity index (χ1v) is 6.31. The molecule has 0 heterocycles. The van der Waals surface area contributed by atoms with E-state index in [1.54, 1.807) is 0 Å². The molecule has 0 spiro atoms.